The van der Waals surface area contributed by atoms with Crippen molar-refractivity contribution in [3.05, 3.63) is 52.8 Å². The highest BCUT2D eigenvalue weighted by molar-refractivity contribution is 6.30. The molecule has 0 saturated carbocycles. The summed E-state index contributed by atoms with van der Waals surface area (Å²) in [5, 5.41) is 0.701. The Kier molecular flexibility index (Phi) is 1.86. The highest BCUT2D eigenvalue weighted by atomic mass is 35.5. The summed E-state index contributed by atoms with van der Waals surface area (Å²) in [4.78, 5) is 0. The van der Waals surface area contributed by atoms with E-state index >= 15 is 0 Å². The number of hydrogen-bond acceptors (Lipinski definition) is 1. The third-order valence-electron chi connectivity index (χ3n) is 2.75. The number of fused-ring (bicyclic) bond motifs is 3. The van der Waals surface area contributed by atoms with Crippen LogP contribution >= 0.6 is 11.6 Å². The first-order valence-electron chi connectivity index (χ1n) is 4.76. The molecule has 3 heteroatoms. The number of halogens is 2. The van der Waals surface area contributed by atoms with Crippen LogP contribution in [0.3, 0.4) is 0 Å². The van der Waals surface area contributed by atoms with Gasteiger partial charge in [-0.05, 0) is 30.4 Å². The average molecular weight is 223 g/mol. The van der Waals surface area contributed by atoms with Gasteiger partial charge in [0, 0.05) is 10.6 Å². The first kappa shape index (κ1) is 8.98. The molecule has 1 aromatic rings. The Morgan fingerprint density at radius 3 is 3.07 bits per heavy atom. The standard InChI is InChI=1S/C12H8ClFO/c13-9-2-1-3-11-12(9)8-6-7(14)4-5-10(8)15-11/h1-6,11-12H. The van der Waals surface area contributed by atoms with E-state index in [1.54, 1.807) is 6.07 Å². The molecule has 0 saturated heterocycles. The van der Waals surface area contributed by atoms with Gasteiger partial charge in [-0.1, -0.05) is 17.7 Å². The van der Waals surface area contributed by atoms with Crippen molar-refractivity contribution in [1.82, 2.24) is 0 Å². The van der Waals surface area contributed by atoms with E-state index in [0.29, 0.717) is 5.03 Å². The van der Waals surface area contributed by atoms with Crippen molar-refractivity contribution in [3.8, 4) is 5.75 Å². The Hall–Kier alpha value is -1.28. The lowest BCUT2D eigenvalue weighted by Crippen LogP contribution is -2.18. The molecule has 15 heavy (non-hydrogen) atoms. The monoisotopic (exact) mass is 222 g/mol. The maximum atomic E-state index is 13.1. The van der Waals surface area contributed by atoms with Crippen molar-refractivity contribution in [2.24, 2.45) is 0 Å². The van der Waals surface area contributed by atoms with Crippen molar-refractivity contribution in [2.75, 3.05) is 0 Å². The van der Waals surface area contributed by atoms with Crippen LogP contribution in [-0.4, -0.2) is 6.10 Å². The highest BCUT2D eigenvalue weighted by Gasteiger charge is 2.36. The quantitative estimate of drug-likeness (QED) is 0.654. The summed E-state index contributed by atoms with van der Waals surface area (Å²) in [5.41, 5.74) is 0.839. The number of benzene rings is 1. The zero-order valence-electron chi connectivity index (χ0n) is 7.78. The molecule has 0 radical (unpaired) electrons. The molecule has 2 aliphatic rings. The molecule has 1 aromatic carbocycles. The summed E-state index contributed by atoms with van der Waals surface area (Å²) in [5.74, 6) is 0.434. The summed E-state index contributed by atoms with van der Waals surface area (Å²) < 4.78 is 18.8. The summed E-state index contributed by atoms with van der Waals surface area (Å²) in [6, 6.07) is 4.55. The maximum absolute atomic E-state index is 13.1. The Labute approximate surface area is 91.8 Å². The highest BCUT2D eigenvalue weighted by Crippen LogP contribution is 2.45. The van der Waals surface area contributed by atoms with Gasteiger partial charge in [0.2, 0.25) is 0 Å². The van der Waals surface area contributed by atoms with Gasteiger partial charge in [-0.2, -0.15) is 0 Å². The van der Waals surface area contributed by atoms with Crippen LogP contribution in [-0.2, 0) is 0 Å². The molecule has 0 aromatic heterocycles. The Bertz CT molecular complexity index is 479. The summed E-state index contributed by atoms with van der Waals surface area (Å²) >= 11 is 6.11. The SMILES string of the molecule is Fc1ccc2c(c1)C1C(Cl)=CC=CC1O2. The molecule has 1 nitrogen and oxygen atoms in total. The molecule has 76 valence electrons. The van der Waals surface area contributed by atoms with Crippen molar-refractivity contribution in [3.63, 3.8) is 0 Å². The van der Waals surface area contributed by atoms with Gasteiger partial charge in [0.1, 0.15) is 17.7 Å². The fourth-order valence-corrected chi connectivity index (χ4v) is 2.39. The van der Waals surface area contributed by atoms with Gasteiger partial charge in [-0.25, -0.2) is 4.39 Å². The third-order valence-corrected chi connectivity index (χ3v) is 3.11. The molecule has 2 atom stereocenters. The predicted octanol–water partition coefficient (Wildman–Crippen LogP) is 3.36. The molecule has 3 rings (SSSR count). The molecule has 1 aliphatic heterocycles. The molecule has 0 fully saturated rings. The maximum Gasteiger partial charge on any atom is 0.129 e. The molecule has 0 amide bonds. The van der Waals surface area contributed by atoms with Crippen LogP contribution in [0.1, 0.15) is 11.5 Å². The first-order chi connectivity index (χ1) is 7.25. The van der Waals surface area contributed by atoms with Gasteiger partial charge in [0.15, 0.2) is 0 Å². The Balaban J connectivity index is 2.14. The van der Waals surface area contributed by atoms with Crippen molar-refractivity contribution in [1.29, 1.82) is 0 Å². The lowest BCUT2D eigenvalue weighted by atomic mass is 9.92. The fraction of sp³-hybridized carbons (Fsp3) is 0.167. The van der Waals surface area contributed by atoms with E-state index in [1.807, 2.05) is 18.2 Å². The smallest absolute Gasteiger partial charge is 0.129 e. The average Bonchev–Trinajstić information content (AvgIpc) is 2.57. The molecule has 0 N–H and O–H groups in total. The normalized spacial score (nSPS) is 26.7. The number of allylic oxidation sites excluding steroid dienone is 2. The summed E-state index contributed by atoms with van der Waals surface area (Å²) in [7, 11) is 0. The van der Waals surface area contributed by atoms with E-state index in [1.165, 1.54) is 12.1 Å². The van der Waals surface area contributed by atoms with Crippen LogP contribution in [0.25, 0.3) is 0 Å². The van der Waals surface area contributed by atoms with Crippen molar-refractivity contribution in [2.45, 2.75) is 12.0 Å². The zero-order valence-corrected chi connectivity index (χ0v) is 8.54. The van der Waals surface area contributed by atoms with E-state index in [0.717, 1.165) is 11.3 Å². The molecule has 0 spiro atoms. The summed E-state index contributed by atoms with van der Waals surface area (Å²) in [6.45, 7) is 0. The second-order valence-corrected chi connectivity index (χ2v) is 4.12. The minimum atomic E-state index is -0.253. The predicted molar refractivity (Wildman–Crippen MR) is 56.6 cm³/mol. The Morgan fingerprint density at radius 1 is 1.33 bits per heavy atom. The van der Waals surface area contributed by atoms with E-state index in [2.05, 4.69) is 0 Å². The van der Waals surface area contributed by atoms with Crippen molar-refractivity contribution < 1.29 is 9.13 Å². The largest absolute Gasteiger partial charge is 0.485 e. The number of ether oxygens (including phenoxy) is 1. The molecule has 0 bridgehead atoms. The van der Waals surface area contributed by atoms with Gasteiger partial charge in [0.05, 0.1) is 5.92 Å². The topological polar surface area (TPSA) is 9.23 Å². The van der Waals surface area contributed by atoms with E-state index in [-0.39, 0.29) is 17.8 Å². The molecular weight excluding hydrogens is 215 g/mol. The van der Waals surface area contributed by atoms with Crippen LogP contribution in [0.5, 0.6) is 5.75 Å². The number of hydrogen-bond donors (Lipinski definition) is 0. The van der Waals surface area contributed by atoms with E-state index in [4.69, 9.17) is 16.3 Å². The summed E-state index contributed by atoms with van der Waals surface area (Å²) in [6.07, 6.45) is 5.55. The molecule has 2 unspecified atom stereocenters. The van der Waals surface area contributed by atoms with Gasteiger partial charge in [0.25, 0.3) is 0 Å². The second-order valence-electron chi connectivity index (χ2n) is 3.68. The minimum absolute atomic E-state index is 0.0395. The third kappa shape index (κ3) is 1.29. The van der Waals surface area contributed by atoms with Gasteiger partial charge in [-0.15, -0.1) is 0 Å². The van der Waals surface area contributed by atoms with Gasteiger partial charge < -0.3 is 4.74 Å². The molecule has 1 heterocycles. The van der Waals surface area contributed by atoms with Crippen molar-refractivity contribution >= 4 is 11.6 Å². The van der Waals surface area contributed by atoms with Crippen LogP contribution in [0.4, 0.5) is 4.39 Å². The molecular formula is C12H8ClFO. The lowest BCUT2D eigenvalue weighted by Gasteiger charge is -2.17. The van der Waals surface area contributed by atoms with Gasteiger partial charge in [-0.3, -0.25) is 0 Å². The zero-order chi connectivity index (χ0) is 10.4. The van der Waals surface area contributed by atoms with Gasteiger partial charge >= 0.3 is 0 Å². The minimum Gasteiger partial charge on any atom is -0.485 e. The fourth-order valence-electron chi connectivity index (χ4n) is 2.08. The van der Waals surface area contributed by atoms with E-state index < -0.39 is 0 Å². The Morgan fingerprint density at radius 2 is 2.20 bits per heavy atom. The van der Waals surface area contributed by atoms with Crippen LogP contribution < -0.4 is 4.74 Å². The first-order valence-corrected chi connectivity index (χ1v) is 5.13. The number of rotatable bonds is 0. The molecule has 1 aliphatic carbocycles. The van der Waals surface area contributed by atoms with Crippen LogP contribution in [0.15, 0.2) is 41.5 Å². The van der Waals surface area contributed by atoms with Crippen LogP contribution in [0, 0.1) is 5.82 Å². The van der Waals surface area contributed by atoms with Crippen LogP contribution in [0.2, 0.25) is 0 Å². The second kappa shape index (κ2) is 3.11. The van der Waals surface area contributed by atoms with E-state index in [9.17, 15) is 4.39 Å². The lowest BCUT2D eigenvalue weighted by molar-refractivity contribution is 0.267.